The van der Waals surface area contributed by atoms with Gasteiger partial charge in [-0.3, -0.25) is 4.79 Å². The Kier molecular flexibility index (Phi) is 7.59. The number of carbonyl (C=O) groups is 2. The number of esters is 1. The second kappa shape index (κ2) is 10.7. The molecule has 4 rings (SSSR count). The highest BCUT2D eigenvalue weighted by Gasteiger charge is 2.45. The Morgan fingerprint density at radius 3 is 2.19 bits per heavy atom. The lowest BCUT2D eigenvalue weighted by Crippen LogP contribution is -2.42. The van der Waals surface area contributed by atoms with Gasteiger partial charge in [0.1, 0.15) is 5.78 Å². The smallest absolute Gasteiger partial charge is 0.336 e. The Labute approximate surface area is 216 Å². The van der Waals surface area contributed by atoms with Crippen LogP contribution in [0.4, 0.5) is 0 Å². The van der Waals surface area contributed by atoms with Gasteiger partial charge in [0.25, 0.3) is 0 Å². The molecule has 0 saturated carbocycles. The second-order valence-corrected chi connectivity index (χ2v) is 9.19. The molecule has 1 aliphatic heterocycles. The summed E-state index contributed by atoms with van der Waals surface area (Å²) >= 11 is 6.06. The standard InChI is InChI=1S/C28H30ClNO6/c1-6-36-28(32)24-15(2)30-20-11-17(16-7-9-19(29)10-8-16)12-21(31)26(20)25(24)18-13-22(33-3)27(35-5)23(14-18)34-4/h7-11,13-14,17,25-26,30H,6,12H2,1-5H3. The number of carbonyl (C=O) groups excluding carboxylic acids is 2. The average Bonchev–Trinajstić information content (AvgIpc) is 2.87. The van der Waals surface area contributed by atoms with E-state index in [4.69, 9.17) is 30.5 Å². The molecule has 3 atom stereocenters. The summed E-state index contributed by atoms with van der Waals surface area (Å²) in [6.45, 7) is 3.80. The number of methoxy groups -OCH3 is 3. The normalized spacial score (nSPS) is 21.2. The van der Waals surface area contributed by atoms with Gasteiger partial charge >= 0.3 is 5.97 Å². The summed E-state index contributed by atoms with van der Waals surface area (Å²) in [5.41, 5.74) is 3.51. The summed E-state index contributed by atoms with van der Waals surface area (Å²) in [4.78, 5) is 26.9. The molecule has 0 radical (unpaired) electrons. The Morgan fingerprint density at radius 1 is 1.00 bits per heavy atom. The maximum Gasteiger partial charge on any atom is 0.336 e. The third-order valence-corrected chi connectivity index (χ3v) is 6.96. The van der Waals surface area contributed by atoms with Crippen LogP contribution in [-0.4, -0.2) is 39.7 Å². The van der Waals surface area contributed by atoms with Gasteiger partial charge in [0.15, 0.2) is 11.5 Å². The van der Waals surface area contributed by atoms with Crippen molar-refractivity contribution >= 4 is 23.4 Å². The van der Waals surface area contributed by atoms with Crippen LogP contribution in [0.3, 0.4) is 0 Å². The van der Waals surface area contributed by atoms with Crippen molar-refractivity contribution in [3.8, 4) is 17.2 Å². The molecule has 0 aromatic heterocycles. The van der Waals surface area contributed by atoms with Crippen LogP contribution in [0.2, 0.25) is 5.02 Å². The first-order valence-corrected chi connectivity index (χ1v) is 12.1. The van der Waals surface area contributed by atoms with Crippen LogP contribution in [0.5, 0.6) is 17.2 Å². The maximum absolute atomic E-state index is 13.8. The van der Waals surface area contributed by atoms with E-state index in [0.29, 0.717) is 45.5 Å². The predicted octanol–water partition coefficient (Wildman–Crippen LogP) is 5.15. The summed E-state index contributed by atoms with van der Waals surface area (Å²) < 4.78 is 22.0. The zero-order valence-corrected chi connectivity index (χ0v) is 21.8. The van der Waals surface area contributed by atoms with Crippen molar-refractivity contribution in [1.82, 2.24) is 5.32 Å². The monoisotopic (exact) mass is 511 g/mol. The lowest BCUT2D eigenvalue weighted by molar-refractivity contribution is -0.139. The number of allylic oxidation sites excluding steroid dienone is 3. The van der Waals surface area contributed by atoms with Gasteiger partial charge in [-0.25, -0.2) is 4.79 Å². The van der Waals surface area contributed by atoms with E-state index in [9.17, 15) is 9.59 Å². The summed E-state index contributed by atoms with van der Waals surface area (Å²) in [5, 5.41) is 3.98. The molecule has 0 fully saturated rings. The maximum atomic E-state index is 13.8. The van der Waals surface area contributed by atoms with E-state index in [0.717, 1.165) is 11.3 Å². The van der Waals surface area contributed by atoms with E-state index < -0.39 is 17.8 Å². The minimum absolute atomic E-state index is 0.0213. The second-order valence-electron chi connectivity index (χ2n) is 8.75. The molecule has 1 heterocycles. The van der Waals surface area contributed by atoms with Crippen molar-refractivity contribution < 1.29 is 28.5 Å². The summed E-state index contributed by atoms with van der Waals surface area (Å²) in [6.07, 6.45) is 2.37. The quantitative estimate of drug-likeness (QED) is 0.515. The van der Waals surface area contributed by atoms with Crippen molar-refractivity contribution in [3.63, 3.8) is 0 Å². The number of hydrogen-bond donors (Lipinski definition) is 1. The molecule has 36 heavy (non-hydrogen) atoms. The van der Waals surface area contributed by atoms with Crippen molar-refractivity contribution in [2.45, 2.75) is 32.1 Å². The van der Waals surface area contributed by atoms with Gasteiger partial charge in [0, 0.05) is 34.7 Å². The average molecular weight is 512 g/mol. The first kappa shape index (κ1) is 25.6. The Balaban J connectivity index is 1.89. The minimum atomic E-state index is -0.598. The van der Waals surface area contributed by atoms with Crippen LogP contribution in [0.25, 0.3) is 0 Å². The molecule has 2 aromatic rings. The van der Waals surface area contributed by atoms with Gasteiger partial charge in [-0.05, 0) is 49.2 Å². The van der Waals surface area contributed by atoms with E-state index in [-0.39, 0.29) is 18.3 Å². The number of fused-ring (bicyclic) bond motifs is 1. The number of halogens is 1. The first-order chi connectivity index (χ1) is 17.3. The molecule has 2 aliphatic rings. The van der Waals surface area contributed by atoms with Crippen molar-refractivity contribution in [2.75, 3.05) is 27.9 Å². The van der Waals surface area contributed by atoms with Crippen LogP contribution in [0, 0.1) is 5.92 Å². The van der Waals surface area contributed by atoms with Crippen molar-refractivity contribution in [1.29, 1.82) is 0 Å². The molecule has 0 spiro atoms. The zero-order valence-electron chi connectivity index (χ0n) is 21.0. The van der Waals surface area contributed by atoms with Gasteiger partial charge in [0.05, 0.1) is 39.4 Å². The zero-order chi connectivity index (χ0) is 26.0. The molecule has 0 bridgehead atoms. The lowest BCUT2D eigenvalue weighted by atomic mass is 9.68. The minimum Gasteiger partial charge on any atom is -0.493 e. The number of ketones is 1. The Morgan fingerprint density at radius 2 is 1.64 bits per heavy atom. The molecular formula is C28H30ClNO6. The van der Waals surface area contributed by atoms with E-state index in [1.54, 1.807) is 19.1 Å². The topological polar surface area (TPSA) is 83.1 Å². The number of rotatable bonds is 7. The molecule has 7 nitrogen and oxygen atoms in total. The molecule has 190 valence electrons. The number of ether oxygens (including phenoxy) is 4. The molecule has 8 heteroatoms. The number of Topliss-reactive ketones (excluding diaryl/α,β-unsaturated/α-hetero) is 1. The lowest BCUT2D eigenvalue weighted by Gasteiger charge is -2.39. The van der Waals surface area contributed by atoms with Crippen molar-refractivity contribution in [2.24, 2.45) is 5.92 Å². The molecule has 2 aromatic carbocycles. The fourth-order valence-corrected chi connectivity index (χ4v) is 5.24. The van der Waals surface area contributed by atoms with Gasteiger partial charge in [0.2, 0.25) is 5.75 Å². The summed E-state index contributed by atoms with van der Waals surface area (Å²) in [5.74, 6) is -0.418. The first-order valence-electron chi connectivity index (χ1n) is 11.8. The van der Waals surface area contributed by atoms with E-state index >= 15 is 0 Å². The molecule has 0 amide bonds. The Hall–Kier alpha value is -3.45. The van der Waals surface area contributed by atoms with Crippen molar-refractivity contribution in [3.05, 3.63) is 75.6 Å². The molecule has 1 N–H and O–H groups in total. The molecule has 1 aliphatic carbocycles. The molecule has 3 unspecified atom stereocenters. The van der Waals surface area contributed by atoms with Gasteiger partial charge in [-0.2, -0.15) is 0 Å². The van der Waals surface area contributed by atoms with Crippen LogP contribution in [-0.2, 0) is 14.3 Å². The van der Waals surface area contributed by atoms with Crippen LogP contribution in [0.15, 0.2) is 59.4 Å². The summed E-state index contributed by atoms with van der Waals surface area (Å²) in [6, 6.07) is 11.1. The van der Waals surface area contributed by atoms with Crippen LogP contribution < -0.4 is 19.5 Å². The third kappa shape index (κ3) is 4.67. The predicted molar refractivity (Wildman–Crippen MR) is 137 cm³/mol. The number of hydrogen-bond acceptors (Lipinski definition) is 7. The fraction of sp³-hybridized carbons (Fsp3) is 0.357. The SMILES string of the molecule is CCOC(=O)C1=C(C)NC2=CC(c3ccc(Cl)cc3)CC(=O)C2C1c1cc(OC)c(OC)c(OC)c1. The van der Waals surface area contributed by atoms with Gasteiger partial charge in [-0.1, -0.05) is 29.8 Å². The fourth-order valence-electron chi connectivity index (χ4n) is 5.12. The summed E-state index contributed by atoms with van der Waals surface area (Å²) in [7, 11) is 4.59. The van der Waals surface area contributed by atoms with E-state index in [1.807, 2.05) is 31.2 Å². The number of nitrogens with one attached hydrogen (secondary N) is 1. The number of benzene rings is 2. The highest BCUT2D eigenvalue weighted by atomic mass is 35.5. The van der Waals surface area contributed by atoms with E-state index in [2.05, 4.69) is 11.4 Å². The highest BCUT2D eigenvalue weighted by molar-refractivity contribution is 6.30. The van der Waals surface area contributed by atoms with Crippen LogP contribution in [0.1, 0.15) is 43.2 Å². The van der Waals surface area contributed by atoms with Gasteiger partial charge < -0.3 is 24.3 Å². The largest absolute Gasteiger partial charge is 0.493 e. The third-order valence-electron chi connectivity index (χ3n) is 6.70. The Bertz CT molecular complexity index is 1210. The molecule has 0 saturated heterocycles. The molecular weight excluding hydrogens is 482 g/mol. The highest BCUT2D eigenvalue weighted by Crippen LogP contribution is 2.49. The van der Waals surface area contributed by atoms with Gasteiger partial charge in [-0.15, -0.1) is 0 Å². The van der Waals surface area contributed by atoms with Crippen LogP contribution >= 0.6 is 11.6 Å². The van der Waals surface area contributed by atoms with E-state index in [1.165, 1.54) is 21.3 Å².